The third-order valence-electron chi connectivity index (χ3n) is 2.64. The fraction of sp³-hybridized carbons (Fsp3) is 0.154. The molecule has 112 valence electrons. The minimum absolute atomic E-state index is 0.0277. The Morgan fingerprint density at radius 2 is 1.90 bits per heavy atom. The fourth-order valence-electron chi connectivity index (χ4n) is 1.68. The van der Waals surface area contributed by atoms with Crippen LogP contribution in [0.25, 0.3) is 0 Å². The molecular weight excluding hydrogens is 314 g/mol. The lowest BCUT2D eigenvalue weighted by Crippen LogP contribution is -2.16. The van der Waals surface area contributed by atoms with Crippen LogP contribution in [0.5, 0.6) is 5.75 Å². The van der Waals surface area contributed by atoms with Crippen LogP contribution >= 0.6 is 11.3 Å². The number of anilines is 1. The van der Waals surface area contributed by atoms with E-state index in [1.54, 1.807) is 24.3 Å². The van der Waals surface area contributed by atoms with Gasteiger partial charge in [0.1, 0.15) is 15.5 Å². The van der Waals surface area contributed by atoms with Crippen LogP contribution in [0, 0.1) is 0 Å². The molecule has 8 heteroatoms. The van der Waals surface area contributed by atoms with E-state index in [-0.39, 0.29) is 9.77 Å². The first-order valence-corrected chi connectivity index (χ1v) is 8.17. The maximum atomic E-state index is 12.4. The second-order valence-electron chi connectivity index (χ2n) is 3.91. The molecule has 0 saturated carbocycles. The molecule has 1 aromatic carbocycles. The Hall–Kier alpha value is -2.06. The minimum atomic E-state index is -3.91. The third-order valence-corrected chi connectivity index (χ3v) is 5.07. The maximum absolute atomic E-state index is 12.4. The van der Waals surface area contributed by atoms with E-state index in [9.17, 15) is 13.2 Å². The first kappa shape index (κ1) is 15.3. The topological polar surface area (TPSA) is 81.7 Å². The lowest BCUT2D eigenvalue weighted by Gasteiger charge is -2.11. The van der Waals surface area contributed by atoms with Gasteiger partial charge in [0.2, 0.25) is 0 Å². The summed E-state index contributed by atoms with van der Waals surface area (Å²) >= 11 is 1.00. The van der Waals surface area contributed by atoms with Crippen molar-refractivity contribution >= 4 is 33.0 Å². The van der Waals surface area contributed by atoms with Gasteiger partial charge in [-0.2, -0.15) is 0 Å². The number of esters is 1. The van der Waals surface area contributed by atoms with E-state index in [0.717, 1.165) is 11.3 Å². The minimum Gasteiger partial charge on any atom is -0.495 e. The summed E-state index contributed by atoms with van der Waals surface area (Å²) in [5, 5.41) is 1.52. The quantitative estimate of drug-likeness (QED) is 0.853. The average molecular weight is 327 g/mol. The largest absolute Gasteiger partial charge is 0.495 e. The van der Waals surface area contributed by atoms with Crippen molar-refractivity contribution in [3.63, 3.8) is 0 Å². The molecule has 0 saturated heterocycles. The van der Waals surface area contributed by atoms with Gasteiger partial charge in [-0.3, -0.25) is 4.72 Å². The molecule has 2 aromatic rings. The van der Waals surface area contributed by atoms with Crippen molar-refractivity contribution in [2.24, 2.45) is 0 Å². The summed E-state index contributed by atoms with van der Waals surface area (Å²) in [6.07, 6.45) is 0. The Balaban J connectivity index is 2.40. The fourth-order valence-corrected chi connectivity index (χ4v) is 4.09. The predicted octanol–water partition coefficient (Wildman–Crippen LogP) is 2.34. The van der Waals surface area contributed by atoms with Gasteiger partial charge in [-0.25, -0.2) is 13.2 Å². The highest BCUT2D eigenvalue weighted by Gasteiger charge is 2.25. The van der Waals surface area contributed by atoms with Crippen LogP contribution in [-0.2, 0) is 14.8 Å². The Morgan fingerprint density at radius 3 is 2.57 bits per heavy atom. The number of ether oxygens (including phenoxy) is 2. The van der Waals surface area contributed by atoms with Crippen molar-refractivity contribution in [1.82, 2.24) is 0 Å². The average Bonchev–Trinajstić information content (AvgIpc) is 2.97. The van der Waals surface area contributed by atoms with Gasteiger partial charge in [-0.1, -0.05) is 12.1 Å². The number of thiophene rings is 1. The second-order valence-corrected chi connectivity index (χ2v) is 6.48. The van der Waals surface area contributed by atoms with Gasteiger partial charge in [-0.15, -0.1) is 11.3 Å². The highest BCUT2D eigenvalue weighted by molar-refractivity contribution is 7.93. The van der Waals surface area contributed by atoms with Crippen LogP contribution in [0.4, 0.5) is 5.69 Å². The number of methoxy groups -OCH3 is 2. The monoisotopic (exact) mass is 327 g/mol. The number of hydrogen-bond acceptors (Lipinski definition) is 6. The molecule has 0 bridgehead atoms. The molecule has 0 unspecified atom stereocenters. The number of carbonyl (C=O) groups is 1. The molecule has 0 aliphatic carbocycles. The third kappa shape index (κ3) is 3.17. The van der Waals surface area contributed by atoms with E-state index < -0.39 is 16.0 Å². The molecule has 1 aromatic heterocycles. The van der Waals surface area contributed by atoms with Crippen molar-refractivity contribution in [1.29, 1.82) is 0 Å². The molecule has 1 N–H and O–H groups in total. The number of benzene rings is 1. The van der Waals surface area contributed by atoms with Crippen LogP contribution in [0.2, 0.25) is 0 Å². The summed E-state index contributed by atoms with van der Waals surface area (Å²) in [7, 11) is -1.27. The summed E-state index contributed by atoms with van der Waals surface area (Å²) in [6.45, 7) is 0. The summed E-state index contributed by atoms with van der Waals surface area (Å²) in [6, 6.07) is 7.96. The van der Waals surface area contributed by atoms with Crippen LogP contribution in [0.3, 0.4) is 0 Å². The first-order chi connectivity index (χ1) is 9.99. The molecule has 0 atom stereocenters. The van der Waals surface area contributed by atoms with Crippen molar-refractivity contribution in [2.45, 2.75) is 4.90 Å². The number of carbonyl (C=O) groups excluding carboxylic acids is 1. The molecule has 0 radical (unpaired) electrons. The van der Waals surface area contributed by atoms with Crippen molar-refractivity contribution in [3.8, 4) is 5.75 Å². The molecule has 0 fully saturated rings. The van der Waals surface area contributed by atoms with Gasteiger partial charge in [-0.05, 0) is 23.6 Å². The Labute approximate surface area is 126 Å². The summed E-state index contributed by atoms with van der Waals surface area (Å²) in [5.74, 6) is -0.304. The predicted molar refractivity (Wildman–Crippen MR) is 79.5 cm³/mol. The molecule has 0 aliphatic rings. The second kappa shape index (κ2) is 6.15. The zero-order valence-electron chi connectivity index (χ0n) is 11.3. The van der Waals surface area contributed by atoms with E-state index >= 15 is 0 Å². The SMILES string of the molecule is COC(=O)c1sccc1S(=O)(=O)Nc1ccccc1OC. The van der Waals surface area contributed by atoms with E-state index in [2.05, 4.69) is 9.46 Å². The number of para-hydroxylation sites is 2. The number of rotatable bonds is 5. The molecule has 0 aliphatic heterocycles. The van der Waals surface area contributed by atoms with Crippen LogP contribution in [-0.4, -0.2) is 28.6 Å². The Bertz CT molecular complexity index is 751. The highest BCUT2D eigenvalue weighted by Crippen LogP contribution is 2.29. The molecule has 0 spiro atoms. The van der Waals surface area contributed by atoms with E-state index in [1.165, 1.54) is 25.7 Å². The summed E-state index contributed by atoms with van der Waals surface area (Å²) in [4.78, 5) is 11.5. The van der Waals surface area contributed by atoms with Gasteiger partial charge in [0.05, 0.1) is 19.9 Å². The van der Waals surface area contributed by atoms with Gasteiger partial charge in [0.25, 0.3) is 10.0 Å². The molecular formula is C13H13NO5S2. The molecule has 1 heterocycles. The normalized spacial score (nSPS) is 11.0. The number of hydrogen-bond donors (Lipinski definition) is 1. The lowest BCUT2D eigenvalue weighted by molar-refractivity contribution is 0.0602. The zero-order valence-corrected chi connectivity index (χ0v) is 13.0. The van der Waals surface area contributed by atoms with Crippen molar-refractivity contribution in [3.05, 3.63) is 40.6 Å². The van der Waals surface area contributed by atoms with Crippen molar-refractivity contribution < 1.29 is 22.7 Å². The lowest BCUT2D eigenvalue weighted by atomic mass is 10.3. The molecule has 0 amide bonds. The maximum Gasteiger partial charge on any atom is 0.349 e. The first-order valence-electron chi connectivity index (χ1n) is 5.81. The smallest absolute Gasteiger partial charge is 0.349 e. The summed E-state index contributed by atoms with van der Waals surface area (Å²) < 4.78 is 36.9. The number of nitrogens with one attached hydrogen (secondary N) is 1. The standard InChI is InChI=1S/C13H13NO5S2/c1-18-10-6-4-3-5-9(10)14-21(16,17)11-7-8-20-12(11)13(15)19-2/h3-8,14H,1-2H3. The van der Waals surface area contributed by atoms with Crippen LogP contribution in [0.1, 0.15) is 9.67 Å². The van der Waals surface area contributed by atoms with Gasteiger partial charge < -0.3 is 9.47 Å². The van der Waals surface area contributed by atoms with E-state index in [1.807, 2.05) is 0 Å². The Kier molecular flexibility index (Phi) is 4.49. The number of sulfonamides is 1. The van der Waals surface area contributed by atoms with Gasteiger partial charge in [0, 0.05) is 0 Å². The van der Waals surface area contributed by atoms with E-state index in [0.29, 0.717) is 11.4 Å². The molecule has 21 heavy (non-hydrogen) atoms. The van der Waals surface area contributed by atoms with Gasteiger partial charge in [0.15, 0.2) is 0 Å². The Morgan fingerprint density at radius 1 is 1.19 bits per heavy atom. The van der Waals surface area contributed by atoms with Crippen LogP contribution < -0.4 is 9.46 Å². The zero-order chi connectivity index (χ0) is 15.5. The van der Waals surface area contributed by atoms with Crippen molar-refractivity contribution in [2.75, 3.05) is 18.9 Å². The highest BCUT2D eigenvalue weighted by atomic mass is 32.2. The summed E-state index contributed by atoms with van der Waals surface area (Å²) in [5.41, 5.74) is 0.294. The van der Waals surface area contributed by atoms with Crippen LogP contribution in [0.15, 0.2) is 40.6 Å². The molecule has 6 nitrogen and oxygen atoms in total. The van der Waals surface area contributed by atoms with E-state index in [4.69, 9.17) is 4.74 Å². The molecule has 2 rings (SSSR count). The van der Waals surface area contributed by atoms with Gasteiger partial charge >= 0.3 is 5.97 Å².